The number of hydrogen-bond acceptors (Lipinski definition) is 5. The lowest BCUT2D eigenvalue weighted by molar-refractivity contribution is -0.384. The number of thiophene rings is 1. The van der Waals surface area contributed by atoms with Gasteiger partial charge in [0.2, 0.25) is 0 Å². The molecule has 0 unspecified atom stereocenters. The second-order valence-electron chi connectivity index (χ2n) is 4.38. The van der Waals surface area contributed by atoms with Gasteiger partial charge in [-0.15, -0.1) is 11.3 Å². The van der Waals surface area contributed by atoms with Crippen LogP contribution < -0.4 is 0 Å². The molecule has 3 rings (SSSR count). The monoisotopic (exact) mass is 289 g/mol. The lowest BCUT2D eigenvalue weighted by Gasteiger charge is -2.00. The molecule has 0 spiro atoms. The number of fused-ring (bicyclic) bond motifs is 1. The van der Waals surface area contributed by atoms with Crippen molar-refractivity contribution >= 4 is 28.1 Å². The summed E-state index contributed by atoms with van der Waals surface area (Å²) in [6.45, 7) is 1.59. The molecule has 0 saturated heterocycles. The van der Waals surface area contributed by atoms with Crippen LogP contribution in [0.1, 0.15) is 17.9 Å². The first-order valence-electron chi connectivity index (χ1n) is 5.96. The van der Waals surface area contributed by atoms with E-state index in [1.165, 1.54) is 17.4 Å². The van der Waals surface area contributed by atoms with Crippen LogP contribution in [0.15, 0.2) is 36.7 Å². The number of aromatic nitrogens is 2. The molecule has 3 aromatic rings. The Morgan fingerprint density at radius 3 is 2.90 bits per heavy atom. The summed E-state index contributed by atoms with van der Waals surface area (Å²) in [6, 6.07) is 8.84. The molecule has 2 aromatic heterocycles. The number of hydrogen-bond donors (Lipinski definition) is 1. The molecule has 0 bridgehead atoms. The van der Waals surface area contributed by atoms with Crippen molar-refractivity contribution in [2.24, 2.45) is 0 Å². The molecule has 0 fully saturated rings. The summed E-state index contributed by atoms with van der Waals surface area (Å²) in [7, 11) is 0. The first kappa shape index (κ1) is 12.8. The van der Waals surface area contributed by atoms with Crippen molar-refractivity contribution < 1.29 is 10.0 Å². The van der Waals surface area contributed by atoms with Crippen molar-refractivity contribution in [3.63, 3.8) is 0 Å². The number of benzene rings is 1. The number of rotatable bonds is 3. The highest BCUT2D eigenvalue weighted by atomic mass is 32.1. The Balaban J connectivity index is 2.25. The molecule has 0 radical (unpaired) electrons. The summed E-state index contributed by atoms with van der Waals surface area (Å²) < 4.78 is 1.68. The van der Waals surface area contributed by atoms with Gasteiger partial charge in [0.15, 0.2) is 5.00 Å². The van der Waals surface area contributed by atoms with Crippen molar-refractivity contribution in [1.82, 2.24) is 9.55 Å². The molecule has 1 aromatic carbocycles. The van der Waals surface area contributed by atoms with Gasteiger partial charge in [0.25, 0.3) is 0 Å². The van der Waals surface area contributed by atoms with Gasteiger partial charge < -0.3 is 5.11 Å². The zero-order valence-corrected chi connectivity index (χ0v) is 11.4. The van der Waals surface area contributed by atoms with Crippen molar-refractivity contribution in [1.29, 1.82) is 0 Å². The second kappa shape index (κ2) is 4.69. The first-order chi connectivity index (χ1) is 9.58. The van der Waals surface area contributed by atoms with Gasteiger partial charge in [0.1, 0.15) is 6.33 Å². The van der Waals surface area contributed by atoms with E-state index >= 15 is 0 Å². The number of para-hydroxylation sites is 2. The molecule has 2 heterocycles. The van der Waals surface area contributed by atoms with Gasteiger partial charge in [-0.25, -0.2) is 4.98 Å². The quantitative estimate of drug-likeness (QED) is 0.593. The van der Waals surface area contributed by atoms with Gasteiger partial charge in [-0.2, -0.15) is 0 Å². The molecule has 0 aliphatic heterocycles. The lowest BCUT2D eigenvalue weighted by atomic mass is 10.3. The van der Waals surface area contributed by atoms with Crippen LogP contribution in [-0.4, -0.2) is 19.6 Å². The maximum atomic E-state index is 11.2. The maximum absolute atomic E-state index is 11.2. The molecule has 0 aliphatic carbocycles. The summed E-state index contributed by atoms with van der Waals surface area (Å²) in [5.74, 6) is 0. The number of aliphatic hydroxyl groups excluding tert-OH is 1. The van der Waals surface area contributed by atoms with Gasteiger partial charge in [0, 0.05) is 10.9 Å². The molecule has 6 nitrogen and oxygen atoms in total. The van der Waals surface area contributed by atoms with Crippen molar-refractivity contribution in [2.45, 2.75) is 13.0 Å². The Hall–Kier alpha value is -2.25. The van der Waals surface area contributed by atoms with E-state index < -0.39 is 11.0 Å². The Kier molecular flexibility index (Phi) is 3.00. The van der Waals surface area contributed by atoms with Crippen LogP contribution in [0.25, 0.3) is 16.0 Å². The van der Waals surface area contributed by atoms with E-state index in [9.17, 15) is 15.2 Å². The fourth-order valence-electron chi connectivity index (χ4n) is 2.02. The van der Waals surface area contributed by atoms with Gasteiger partial charge in [-0.05, 0) is 19.1 Å². The van der Waals surface area contributed by atoms with E-state index in [-0.39, 0.29) is 5.69 Å². The lowest BCUT2D eigenvalue weighted by Crippen LogP contribution is -1.94. The normalized spacial score (nSPS) is 12.7. The fourth-order valence-corrected chi connectivity index (χ4v) is 3.07. The molecule has 0 saturated carbocycles. The SMILES string of the molecule is C[C@H](O)c1cc([N+](=O)[O-])c(-n2cnc3ccccc32)s1. The number of aliphatic hydroxyl groups is 1. The minimum atomic E-state index is -0.734. The summed E-state index contributed by atoms with van der Waals surface area (Å²) in [6.07, 6.45) is 0.831. The zero-order valence-electron chi connectivity index (χ0n) is 10.6. The van der Waals surface area contributed by atoms with E-state index in [0.29, 0.717) is 9.88 Å². The molecule has 1 N–H and O–H groups in total. The highest BCUT2D eigenvalue weighted by molar-refractivity contribution is 7.15. The Morgan fingerprint density at radius 1 is 1.45 bits per heavy atom. The van der Waals surface area contributed by atoms with Crippen LogP contribution in [0, 0.1) is 10.1 Å². The Labute approximate surface area is 118 Å². The minimum Gasteiger partial charge on any atom is -0.388 e. The Morgan fingerprint density at radius 2 is 2.20 bits per heavy atom. The third kappa shape index (κ3) is 1.97. The average Bonchev–Trinajstić information content (AvgIpc) is 3.02. The van der Waals surface area contributed by atoms with Crippen molar-refractivity contribution in [3.8, 4) is 5.00 Å². The van der Waals surface area contributed by atoms with E-state index in [1.54, 1.807) is 17.8 Å². The molecular formula is C13H11N3O3S. The molecule has 0 amide bonds. The van der Waals surface area contributed by atoms with Crippen LogP contribution in [0.3, 0.4) is 0 Å². The van der Waals surface area contributed by atoms with Gasteiger partial charge in [0.05, 0.1) is 22.1 Å². The van der Waals surface area contributed by atoms with Crippen LogP contribution in [0.5, 0.6) is 0 Å². The van der Waals surface area contributed by atoms with Crippen molar-refractivity contribution in [3.05, 3.63) is 51.7 Å². The van der Waals surface area contributed by atoms with E-state index in [4.69, 9.17) is 0 Å². The first-order valence-corrected chi connectivity index (χ1v) is 6.78. The van der Waals surface area contributed by atoms with Crippen LogP contribution in [0.4, 0.5) is 5.69 Å². The fraction of sp³-hybridized carbons (Fsp3) is 0.154. The molecule has 1 atom stereocenters. The topological polar surface area (TPSA) is 81.2 Å². The third-order valence-corrected chi connectivity index (χ3v) is 4.29. The highest BCUT2D eigenvalue weighted by Gasteiger charge is 2.23. The molecule has 102 valence electrons. The maximum Gasteiger partial charge on any atom is 0.304 e. The predicted octanol–water partition coefficient (Wildman–Crippen LogP) is 3.05. The second-order valence-corrected chi connectivity index (χ2v) is 5.44. The largest absolute Gasteiger partial charge is 0.388 e. The summed E-state index contributed by atoms with van der Waals surface area (Å²) >= 11 is 1.20. The third-order valence-electron chi connectivity index (χ3n) is 2.99. The standard InChI is InChI=1S/C13H11N3O3S/c1-8(17)12-6-11(16(18)19)13(20-12)15-7-14-9-4-2-3-5-10(9)15/h2-8,17H,1H3/t8-/m0/s1. The zero-order chi connectivity index (χ0) is 14.3. The molecule has 7 heteroatoms. The number of nitro groups is 1. The van der Waals surface area contributed by atoms with Gasteiger partial charge in [-0.3, -0.25) is 14.7 Å². The Bertz CT molecular complexity index is 791. The number of imidazole rings is 1. The summed E-state index contributed by atoms with van der Waals surface area (Å²) in [4.78, 5) is 15.5. The van der Waals surface area contributed by atoms with Crippen LogP contribution in [-0.2, 0) is 0 Å². The van der Waals surface area contributed by atoms with E-state index in [1.807, 2.05) is 24.3 Å². The smallest absolute Gasteiger partial charge is 0.304 e. The van der Waals surface area contributed by atoms with Crippen LogP contribution >= 0.6 is 11.3 Å². The van der Waals surface area contributed by atoms with Gasteiger partial charge in [-0.1, -0.05) is 12.1 Å². The molecule has 20 heavy (non-hydrogen) atoms. The average molecular weight is 289 g/mol. The minimum absolute atomic E-state index is 0.0194. The highest BCUT2D eigenvalue weighted by Crippen LogP contribution is 2.37. The van der Waals surface area contributed by atoms with Crippen molar-refractivity contribution in [2.75, 3.05) is 0 Å². The van der Waals surface area contributed by atoms with Crippen LogP contribution in [0.2, 0.25) is 0 Å². The van der Waals surface area contributed by atoms with E-state index in [2.05, 4.69) is 4.98 Å². The van der Waals surface area contributed by atoms with E-state index in [0.717, 1.165) is 11.0 Å². The predicted molar refractivity (Wildman–Crippen MR) is 76.2 cm³/mol. The molecule has 0 aliphatic rings. The van der Waals surface area contributed by atoms with Gasteiger partial charge >= 0.3 is 5.69 Å². The summed E-state index contributed by atoms with van der Waals surface area (Å²) in [5, 5.41) is 21.3. The molecular weight excluding hydrogens is 278 g/mol. The number of nitrogens with zero attached hydrogens (tertiary/aromatic N) is 3. The summed E-state index contributed by atoms with van der Waals surface area (Å²) in [5.41, 5.74) is 1.55.